The third-order valence-corrected chi connectivity index (χ3v) is 4.67. The van der Waals surface area contributed by atoms with E-state index in [1.165, 1.54) is 116 Å². The molecule has 0 aromatic carbocycles. The van der Waals surface area contributed by atoms with E-state index in [9.17, 15) is 0 Å². The van der Waals surface area contributed by atoms with Gasteiger partial charge in [0.05, 0.1) is 0 Å². The zero-order chi connectivity index (χ0) is 16.1. The Balaban J connectivity index is 2.91. The van der Waals surface area contributed by atoms with E-state index >= 15 is 0 Å². The molecule has 0 fully saturated rings. The molecule has 0 saturated heterocycles. The number of rotatable bonds is 19. The minimum atomic E-state index is 1.07. The number of hydrogen-bond acceptors (Lipinski definition) is 0. The molecule has 0 rings (SSSR count). The molecule has 0 amide bonds. The van der Waals surface area contributed by atoms with Crippen molar-refractivity contribution in [3.63, 3.8) is 0 Å². The molecule has 0 N–H and O–H groups in total. The van der Waals surface area contributed by atoms with E-state index in [1.807, 2.05) is 0 Å². The van der Waals surface area contributed by atoms with Crippen LogP contribution in [0.5, 0.6) is 0 Å². The molecule has 132 valence electrons. The van der Waals surface area contributed by atoms with Gasteiger partial charge in [0.15, 0.2) is 0 Å². The Hall–Kier alpha value is 0. The van der Waals surface area contributed by atoms with Gasteiger partial charge in [-0.05, 0) is 6.42 Å². The summed E-state index contributed by atoms with van der Waals surface area (Å²) in [5.74, 6) is 0. The lowest BCUT2D eigenvalue weighted by molar-refractivity contribution is 0.529. The molecule has 0 heterocycles. The molecule has 0 aliphatic carbocycles. The Morgan fingerprint density at radius 1 is 0.500 bits per heavy atom. The second-order valence-electron chi connectivity index (χ2n) is 7.02. The van der Waals surface area contributed by atoms with E-state index < -0.39 is 0 Å². The van der Waals surface area contributed by atoms with Gasteiger partial charge >= 0.3 is 0 Å². The zero-order valence-electron chi connectivity index (χ0n) is 15.7. The summed E-state index contributed by atoms with van der Waals surface area (Å²) in [5.41, 5.74) is 0. The summed E-state index contributed by atoms with van der Waals surface area (Å²) in [6.45, 7) is 6.16. The highest BCUT2D eigenvalue weighted by atomic mass is 14.0. The maximum absolute atomic E-state index is 3.87. The first-order valence-corrected chi connectivity index (χ1v) is 10.5. The largest absolute Gasteiger partial charge is 0.0654 e. The molecule has 0 bridgehead atoms. The average molecular weight is 309 g/mol. The van der Waals surface area contributed by atoms with Crippen molar-refractivity contribution in [2.24, 2.45) is 0 Å². The first kappa shape index (κ1) is 22.0. The van der Waals surface area contributed by atoms with Gasteiger partial charge in [0.25, 0.3) is 0 Å². The van der Waals surface area contributed by atoms with Gasteiger partial charge in [0.1, 0.15) is 0 Å². The molecular formula is C22H44. The fourth-order valence-electron chi connectivity index (χ4n) is 3.13. The van der Waals surface area contributed by atoms with E-state index in [4.69, 9.17) is 0 Å². The van der Waals surface area contributed by atoms with Crippen LogP contribution in [0.4, 0.5) is 0 Å². The van der Waals surface area contributed by atoms with Crippen molar-refractivity contribution in [1.82, 2.24) is 0 Å². The van der Waals surface area contributed by atoms with Crippen LogP contribution in [0, 0.1) is 13.3 Å². The van der Waals surface area contributed by atoms with Crippen LogP contribution in [0.15, 0.2) is 0 Å². The van der Waals surface area contributed by atoms with E-state index in [2.05, 4.69) is 20.3 Å². The Labute approximate surface area is 142 Å². The smallest absolute Gasteiger partial charge is 0.0386 e. The van der Waals surface area contributed by atoms with Crippen molar-refractivity contribution in [2.75, 3.05) is 0 Å². The van der Waals surface area contributed by atoms with Crippen LogP contribution < -0.4 is 0 Å². The van der Waals surface area contributed by atoms with E-state index in [0.29, 0.717) is 0 Å². The zero-order valence-corrected chi connectivity index (χ0v) is 15.7. The van der Waals surface area contributed by atoms with Crippen LogP contribution in [-0.4, -0.2) is 0 Å². The molecule has 0 atom stereocenters. The summed E-state index contributed by atoms with van der Waals surface area (Å²) in [6.07, 6.45) is 29.3. The monoisotopic (exact) mass is 308 g/mol. The molecule has 0 aromatic heterocycles. The molecule has 2 radical (unpaired) electrons. The molecule has 0 spiro atoms. The van der Waals surface area contributed by atoms with E-state index in [1.54, 1.807) is 0 Å². The SMILES string of the molecule is [CH2]CC[CH]CCCCCCCCCCCCCCCCCC. The maximum atomic E-state index is 3.87. The van der Waals surface area contributed by atoms with Gasteiger partial charge in [-0.15, -0.1) is 0 Å². The third kappa shape index (κ3) is 20.0. The third-order valence-electron chi connectivity index (χ3n) is 4.67. The predicted octanol–water partition coefficient (Wildman–Crippen LogP) is 8.46. The fraction of sp³-hybridized carbons (Fsp3) is 0.909. The summed E-state index contributed by atoms with van der Waals surface area (Å²) < 4.78 is 0. The Kier molecular flexibility index (Phi) is 21.0. The lowest BCUT2D eigenvalue weighted by Crippen LogP contribution is -1.84. The molecule has 0 saturated carbocycles. The van der Waals surface area contributed by atoms with Gasteiger partial charge in [-0.1, -0.05) is 136 Å². The highest BCUT2D eigenvalue weighted by Crippen LogP contribution is 2.14. The highest BCUT2D eigenvalue weighted by molar-refractivity contribution is 4.64. The Bertz CT molecular complexity index is 153. The number of unbranched alkanes of at least 4 members (excludes halogenated alkanes) is 19. The standard InChI is InChI=1S/C22H44/c1-3-5-7-9-11-13-15-17-19-21-22-20-18-16-14-12-10-8-6-4-2/h7H,1,3-6,8-22H2,2H3. The van der Waals surface area contributed by atoms with Crippen molar-refractivity contribution in [3.8, 4) is 0 Å². The van der Waals surface area contributed by atoms with Crippen LogP contribution in [0.3, 0.4) is 0 Å². The molecule has 22 heavy (non-hydrogen) atoms. The maximum Gasteiger partial charge on any atom is -0.0386 e. The van der Waals surface area contributed by atoms with Crippen molar-refractivity contribution >= 4 is 0 Å². The molecule has 0 unspecified atom stereocenters. The van der Waals surface area contributed by atoms with Crippen LogP contribution in [0.25, 0.3) is 0 Å². The number of hydrogen-bond donors (Lipinski definition) is 0. The quantitative estimate of drug-likeness (QED) is 0.210. The van der Waals surface area contributed by atoms with Crippen LogP contribution in [0.2, 0.25) is 0 Å². The average Bonchev–Trinajstić information content (AvgIpc) is 2.54. The van der Waals surface area contributed by atoms with E-state index in [0.717, 1.165) is 6.42 Å². The topological polar surface area (TPSA) is 0 Å². The van der Waals surface area contributed by atoms with Crippen LogP contribution >= 0.6 is 0 Å². The summed E-state index contributed by atoms with van der Waals surface area (Å²) in [7, 11) is 0. The van der Waals surface area contributed by atoms with Gasteiger partial charge in [-0.2, -0.15) is 0 Å². The van der Waals surface area contributed by atoms with Crippen molar-refractivity contribution < 1.29 is 0 Å². The van der Waals surface area contributed by atoms with Crippen molar-refractivity contribution in [3.05, 3.63) is 13.3 Å². The predicted molar refractivity (Wildman–Crippen MR) is 103 cm³/mol. The minimum Gasteiger partial charge on any atom is -0.0654 e. The first-order chi connectivity index (χ1) is 10.9. The molecule has 0 nitrogen and oxygen atoms in total. The first-order valence-electron chi connectivity index (χ1n) is 10.5. The lowest BCUT2D eigenvalue weighted by Gasteiger charge is -2.03. The molecule has 0 heteroatoms. The summed E-state index contributed by atoms with van der Waals surface area (Å²) in [5, 5.41) is 0. The van der Waals surface area contributed by atoms with Gasteiger partial charge in [-0.25, -0.2) is 0 Å². The van der Waals surface area contributed by atoms with Crippen LogP contribution in [0.1, 0.15) is 129 Å². The van der Waals surface area contributed by atoms with Crippen molar-refractivity contribution in [1.29, 1.82) is 0 Å². The summed E-state index contributed by atoms with van der Waals surface area (Å²) in [4.78, 5) is 0. The Morgan fingerprint density at radius 2 is 0.864 bits per heavy atom. The second-order valence-corrected chi connectivity index (χ2v) is 7.02. The van der Waals surface area contributed by atoms with Gasteiger partial charge in [0, 0.05) is 0 Å². The highest BCUT2D eigenvalue weighted by Gasteiger charge is 1.94. The van der Waals surface area contributed by atoms with Gasteiger partial charge in [-0.3, -0.25) is 0 Å². The molecular weight excluding hydrogens is 264 g/mol. The Morgan fingerprint density at radius 3 is 1.23 bits per heavy atom. The van der Waals surface area contributed by atoms with Gasteiger partial charge in [0.2, 0.25) is 0 Å². The fourth-order valence-corrected chi connectivity index (χ4v) is 3.13. The normalized spacial score (nSPS) is 11.2. The molecule has 0 aliphatic heterocycles. The molecule has 0 aliphatic rings. The van der Waals surface area contributed by atoms with Gasteiger partial charge < -0.3 is 0 Å². The second kappa shape index (κ2) is 21.0. The summed E-state index contributed by atoms with van der Waals surface area (Å²) >= 11 is 0. The summed E-state index contributed by atoms with van der Waals surface area (Å²) in [6, 6.07) is 0. The van der Waals surface area contributed by atoms with Crippen LogP contribution in [-0.2, 0) is 0 Å². The van der Waals surface area contributed by atoms with E-state index in [-0.39, 0.29) is 0 Å². The van der Waals surface area contributed by atoms with Crippen molar-refractivity contribution in [2.45, 2.75) is 129 Å². The molecule has 0 aromatic rings. The minimum absolute atomic E-state index is 1.07. The lowest BCUT2D eigenvalue weighted by atomic mass is 10.0.